The van der Waals surface area contributed by atoms with Crippen LogP contribution < -0.4 is 4.74 Å². The minimum Gasteiger partial charge on any atom is -0.486 e. The number of ether oxygens (including phenoxy) is 1. The molecule has 2 aromatic rings. The highest BCUT2D eigenvalue weighted by Crippen LogP contribution is 2.20. The minimum absolute atomic E-state index is 0.0399. The molecule has 0 spiro atoms. The number of benzene rings is 2. The zero-order chi connectivity index (χ0) is 13.8. The topological polar surface area (TPSA) is 29.5 Å². The van der Waals surface area contributed by atoms with Gasteiger partial charge in [0, 0.05) is 6.07 Å². The second-order valence-electron chi connectivity index (χ2n) is 3.99. The van der Waals surface area contributed by atoms with E-state index in [0.717, 1.165) is 24.3 Å². The average Bonchev–Trinajstić information content (AvgIpc) is 2.36. The Morgan fingerprint density at radius 1 is 0.895 bits per heavy atom. The van der Waals surface area contributed by atoms with Gasteiger partial charge < -0.3 is 9.84 Å². The standard InChI is InChI=1S/C14H11F3O2/c15-11-3-10(4-12(16)6-11)8-19-14-2-1-9(7-18)5-13(14)17/h1-6,18H,7-8H2. The second-order valence-corrected chi connectivity index (χ2v) is 3.99. The van der Waals surface area contributed by atoms with E-state index in [2.05, 4.69) is 0 Å². The molecule has 100 valence electrons. The van der Waals surface area contributed by atoms with Gasteiger partial charge in [0.2, 0.25) is 0 Å². The third-order valence-electron chi connectivity index (χ3n) is 2.50. The summed E-state index contributed by atoms with van der Waals surface area (Å²) in [7, 11) is 0. The molecule has 0 aliphatic carbocycles. The van der Waals surface area contributed by atoms with Crippen molar-refractivity contribution in [3.05, 3.63) is 65.0 Å². The van der Waals surface area contributed by atoms with Gasteiger partial charge in [-0.05, 0) is 35.4 Å². The molecule has 2 aromatic carbocycles. The van der Waals surface area contributed by atoms with Gasteiger partial charge in [0.1, 0.15) is 18.2 Å². The Kier molecular flexibility index (Phi) is 4.06. The largest absolute Gasteiger partial charge is 0.486 e. The summed E-state index contributed by atoms with van der Waals surface area (Å²) in [6, 6.07) is 6.98. The molecule has 2 nitrogen and oxygen atoms in total. The van der Waals surface area contributed by atoms with E-state index in [1.807, 2.05) is 0 Å². The molecular weight excluding hydrogens is 257 g/mol. The second kappa shape index (κ2) is 5.75. The summed E-state index contributed by atoms with van der Waals surface area (Å²) in [5.41, 5.74) is 0.685. The van der Waals surface area contributed by atoms with E-state index in [-0.39, 0.29) is 24.5 Å². The zero-order valence-electron chi connectivity index (χ0n) is 9.87. The van der Waals surface area contributed by atoms with E-state index in [0.29, 0.717) is 5.56 Å². The van der Waals surface area contributed by atoms with E-state index in [9.17, 15) is 13.2 Å². The molecule has 19 heavy (non-hydrogen) atoms. The Morgan fingerprint density at radius 2 is 1.58 bits per heavy atom. The van der Waals surface area contributed by atoms with Crippen LogP contribution in [0.1, 0.15) is 11.1 Å². The first-order valence-electron chi connectivity index (χ1n) is 5.55. The third kappa shape index (κ3) is 3.48. The van der Waals surface area contributed by atoms with E-state index >= 15 is 0 Å². The molecule has 0 heterocycles. The van der Waals surface area contributed by atoms with Gasteiger partial charge in [-0.1, -0.05) is 6.07 Å². The van der Waals surface area contributed by atoms with Crippen LogP contribution in [0.4, 0.5) is 13.2 Å². The number of aliphatic hydroxyl groups excluding tert-OH is 1. The van der Waals surface area contributed by atoms with Crippen molar-refractivity contribution in [1.82, 2.24) is 0 Å². The smallest absolute Gasteiger partial charge is 0.165 e. The molecule has 0 aliphatic heterocycles. The van der Waals surface area contributed by atoms with Crippen LogP contribution in [0.5, 0.6) is 5.75 Å². The fraction of sp³-hybridized carbons (Fsp3) is 0.143. The predicted molar refractivity (Wildman–Crippen MR) is 63.0 cm³/mol. The van der Waals surface area contributed by atoms with Crippen molar-refractivity contribution in [3.8, 4) is 5.75 Å². The average molecular weight is 268 g/mol. The predicted octanol–water partition coefficient (Wildman–Crippen LogP) is 3.18. The molecule has 0 aromatic heterocycles. The minimum atomic E-state index is -0.713. The van der Waals surface area contributed by atoms with E-state index in [4.69, 9.17) is 9.84 Å². The lowest BCUT2D eigenvalue weighted by Gasteiger charge is -2.08. The van der Waals surface area contributed by atoms with E-state index in [1.165, 1.54) is 12.1 Å². The van der Waals surface area contributed by atoms with Crippen LogP contribution in [0, 0.1) is 17.5 Å². The molecule has 0 radical (unpaired) electrons. The lowest BCUT2D eigenvalue weighted by atomic mass is 10.2. The molecule has 0 fully saturated rings. The summed E-state index contributed by atoms with van der Waals surface area (Å²) < 4.78 is 44.5. The van der Waals surface area contributed by atoms with Crippen LogP contribution in [0.2, 0.25) is 0 Å². The molecule has 0 unspecified atom stereocenters. The SMILES string of the molecule is OCc1ccc(OCc2cc(F)cc(F)c2)c(F)c1. The monoisotopic (exact) mass is 268 g/mol. The molecule has 1 N–H and O–H groups in total. The molecule has 0 atom stereocenters. The summed E-state index contributed by atoms with van der Waals surface area (Å²) in [6.45, 7) is -0.420. The maximum absolute atomic E-state index is 13.5. The first-order chi connectivity index (χ1) is 9.08. The molecule has 5 heteroatoms. The Morgan fingerprint density at radius 3 is 2.16 bits per heavy atom. The van der Waals surface area contributed by atoms with Gasteiger partial charge in [-0.3, -0.25) is 0 Å². The van der Waals surface area contributed by atoms with Crippen molar-refractivity contribution >= 4 is 0 Å². The van der Waals surface area contributed by atoms with Gasteiger partial charge in [0.15, 0.2) is 11.6 Å². The van der Waals surface area contributed by atoms with Crippen LogP contribution in [0.25, 0.3) is 0 Å². The highest BCUT2D eigenvalue weighted by Gasteiger charge is 2.06. The number of aliphatic hydroxyl groups is 1. The Balaban J connectivity index is 2.10. The van der Waals surface area contributed by atoms with Crippen molar-refractivity contribution in [3.63, 3.8) is 0 Å². The number of rotatable bonds is 4. The lowest BCUT2D eigenvalue weighted by molar-refractivity contribution is 0.276. The maximum Gasteiger partial charge on any atom is 0.165 e. The van der Waals surface area contributed by atoms with Crippen LogP contribution in [-0.4, -0.2) is 5.11 Å². The van der Waals surface area contributed by atoms with E-state index in [1.54, 1.807) is 0 Å². The summed E-state index contributed by atoms with van der Waals surface area (Å²) >= 11 is 0. The molecule has 2 rings (SSSR count). The summed E-state index contributed by atoms with van der Waals surface area (Å²) in [6.07, 6.45) is 0. The Bertz CT molecular complexity index is 565. The molecule has 0 aliphatic rings. The molecule has 0 saturated heterocycles. The Labute approximate surface area is 108 Å². The summed E-state index contributed by atoms with van der Waals surface area (Å²) in [4.78, 5) is 0. The highest BCUT2D eigenvalue weighted by molar-refractivity contribution is 5.29. The maximum atomic E-state index is 13.5. The molecule has 0 amide bonds. The molecule has 0 bridgehead atoms. The van der Waals surface area contributed by atoms with Crippen molar-refractivity contribution in [1.29, 1.82) is 0 Å². The third-order valence-corrected chi connectivity index (χ3v) is 2.50. The van der Waals surface area contributed by atoms with Crippen molar-refractivity contribution < 1.29 is 23.0 Å². The first kappa shape index (κ1) is 13.4. The van der Waals surface area contributed by atoms with Crippen molar-refractivity contribution in [2.75, 3.05) is 0 Å². The number of halogens is 3. The van der Waals surface area contributed by atoms with Gasteiger partial charge in [0.05, 0.1) is 6.61 Å². The highest BCUT2D eigenvalue weighted by atomic mass is 19.1. The van der Waals surface area contributed by atoms with Gasteiger partial charge in [0.25, 0.3) is 0 Å². The quantitative estimate of drug-likeness (QED) is 0.922. The normalized spacial score (nSPS) is 10.5. The van der Waals surface area contributed by atoms with Crippen molar-refractivity contribution in [2.45, 2.75) is 13.2 Å². The van der Waals surface area contributed by atoms with Gasteiger partial charge >= 0.3 is 0 Å². The molecule has 0 saturated carbocycles. The molecular formula is C14H11F3O2. The van der Waals surface area contributed by atoms with E-state index < -0.39 is 17.5 Å². The van der Waals surface area contributed by atoms with Crippen molar-refractivity contribution in [2.24, 2.45) is 0 Å². The number of hydrogen-bond acceptors (Lipinski definition) is 2. The van der Waals surface area contributed by atoms with Gasteiger partial charge in [-0.15, -0.1) is 0 Å². The van der Waals surface area contributed by atoms with Gasteiger partial charge in [-0.2, -0.15) is 0 Å². The summed E-state index contributed by atoms with van der Waals surface area (Å²) in [5, 5.41) is 8.83. The van der Waals surface area contributed by atoms with Crippen LogP contribution >= 0.6 is 0 Å². The first-order valence-corrected chi connectivity index (χ1v) is 5.55. The zero-order valence-corrected chi connectivity index (χ0v) is 9.87. The van der Waals surface area contributed by atoms with Crippen LogP contribution in [0.15, 0.2) is 36.4 Å². The van der Waals surface area contributed by atoms with Crippen LogP contribution in [0.3, 0.4) is 0 Å². The van der Waals surface area contributed by atoms with Gasteiger partial charge in [-0.25, -0.2) is 13.2 Å². The van der Waals surface area contributed by atoms with Crippen LogP contribution in [-0.2, 0) is 13.2 Å². The fourth-order valence-corrected chi connectivity index (χ4v) is 1.62. The Hall–Kier alpha value is -2.01. The summed E-state index contributed by atoms with van der Waals surface area (Å²) in [5.74, 6) is -2.10. The number of hydrogen-bond donors (Lipinski definition) is 1. The fourth-order valence-electron chi connectivity index (χ4n) is 1.62. The lowest BCUT2D eigenvalue weighted by Crippen LogP contribution is -1.99.